The first-order valence-electron chi connectivity index (χ1n) is 5.37. The second-order valence-corrected chi connectivity index (χ2v) is 4.81. The molecule has 108 valence electrons. The van der Waals surface area contributed by atoms with Crippen LogP contribution >= 0.6 is 0 Å². The maximum absolute atomic E-state index is 8.74. The van der Waals surface area contributed by atoms with Crippen molar-refractivity contribution in [2.45, 2.75) is 0 Å². The first kappa shape index (κ1) is 15.8. The van der Waals surface area contributed by atoms with Crippen LogP contribution in [0.1, 0.15) is 0 Å². The molecule has 0 unspecified atom stereocenters. The van der Waals surface area contributed by atoms with Crippen molar-refractivity contribution in [3.63, 3.8) is 0 Å². The Labute approximate surface area is 116 Å². The summed E-state index contributed by atoms with van der Waals surface area (Å²) < 4.78 is 31.6. The lowest BCUT2D eigenvalue weighted by Gasteiger charge is -2.06. The SMILES string of the molecule is Nc1ccc(-c2ccc(N)cc2N)cc1.O=S(=O)(O)O. The third-order valence-electron chi connectivity index (χ3n) is 2.30. The lowest BCUT2D eigenvalue weighted by molar-refractivity contribution is 0.381. The summed E-state index contributed by atoms with van der Waals surface area (Å²) in [6.07, 6.45) is 0. The minimum Gasteiger partial charge on any atom is -0.399 e. The average Bonchev–Trinajstić information content (AvgIpc) is 2.28. The van der Waals surface area contributed by atoms with E-state index in [9.17, 15) is 0 Å². The van der Waals surface area contributed by atoms with E-state index in [0.29, 0.717) is 11.4 Å². The van der Waals surface area contributed by atoms with Crippen molar-refractivity contribution in [1.29, 1.82) is 0 Å². The molecule has 0 aliphatic rings. The zero-order valence-corrected chi connectivity index (χ0v) is 11.2. The summed E-state index contributed by atoms with van der Waals surface area (Å²) in [7, 11) is -4.67. The van der Waals surface area contributed by atoms with Gasteiger partial charge in [0.1, 0.15) is 0 Å². The largest absolute Gasteiger partial charge is 0.399 e. The molecule has 0 aliphatic carbocycles. The van der Waals surface area contributed by atoms with Crippen LogP contribution in [0.25, 0.3) is 11.1 Å². The highest BCUT2D eigenvalue weighted by atomic mass is 32.3. The number of hydrogen-bond donors (Lipinski definition) is 5. The molecule has 2 aromatic carbocycles. The van der Waals surface area contributed by atoms with Gasteiger partial charge in [-0.15, -0.1) is 0 Å². The van der Waals surface area contributed by atoms with E-state index in [1.165, 1.54) is 0 Å². The fourth-order valence-electron chi connectivity index (χ4n) is 1.51. The van der Waals surface area contributed by atoms with Gasteiger partial charge in [-0.1, -0.05) is 18.2 Å². The molecule has 0 spiro atoms. The molecule has 0 heterocycles. The normalized spacial score (nSPS) is 10.5. The minimum absolute atomic E-state index is 0.673. The average molecular weight is 297 g/mol. The topological polar surface area (TPSA) is 153 Å². The van der Waals surface area contributed by atoms with Crippen LogP contribution in [-0.2, 0) is 10.4 Å². The van der Waals surface area contributed by atoms with Crippen LogP contribution in [0.4, 0.5) is 17.1 Å². The predicted octanol–water partition coefficient (Wildman–Crippen LogP) is 1.45. The quantitative estimate of drug-likeness (QED) is 0.394. The molecule has 0 aromatic heterocycles. The lowest BCUT2D eigenvalue weighted by atomic mass is 10.0. The van der Waals surface area contributed by atoms with Gasteiger partial charge >= 0.3 is 10.4 Å². The molecule has 0 fully saturated rings. The van der Waals surface area contributed by atoms with Crippen molar-refractivity contribution in [1.82, 2.24) is 0 Å². The molecule has 0 bridgehead atoms. The van der Waals surface area contributed by atoms with Crippen LogP contribution in [0, 0.1) is 0 Å². The summed E-state index contributed by atoms with van der Waals surface area (Å²) in [4.78, 5) is 0. The van der Waals surface area contributed by atoms with E-state index in [2.05, 4.69) is 0 Å². The highest BCUT2D eigenvalue weighted by molar-refractivity contribution is 7.79. The van der Waals surface area contributed by atoms with Gasteiger partial charge in [-0.3, -0.25) is 9.11 Å². The van der Waals surface area contributed by atoms with Gasteiger partial charge in [0.2, 0.25) is 0 Å². The van der Waals surface area contributed by atoms with Gasteiger partial charge < -0.3 is 17.2 Å². The number of nitrogen functional groups attached to an aromatic ring is 3. The summed E-state index contributed by atoms with van der Waals surface area (Å²) in [5, 5.41) is 0. The molecule has 20 heavy (non-hydrogen) atoms. The van der Waals surface area contributed by atoms with Gasteiger partial charge in [0, 0.05) is 22.6 Å². The van der Waals surface area contributed by atoms with E-state index in [-0.39, 0.29) is 0 Å². The Hall–Kier alpha value is -2.29. The molecule has 2 aromatic rings. The molecule has 7 nitrogen and oxygen atoms in total. The number of rotatable bonds is 1. The van der Waals surface area contributed by atoms with Gasteiger partial charge in [0.15, 0.2) is 0 Å². The maximum Gasteiger partial charge on any atom is 0.394 e. The Morgan fingerprint density at radius 3 is 1.70 bits per heavy atom. The van der Waals surface area contributed by atoms with Gasteiger partial charge in [0.05, 0.1) is 0 Å². The molecular weight excluding hydrogens is 282 g/mol. The Morgan fingerprint density at radius 2 is 1.25 bits per heavy atom. The zero-order valence-electron chi connectivity index (χ0n) is 10.4. The Morgan fingerprint density at radius 1 is 0.800 bits per heavy atom. The van der Waals surface area contributed by atoms with Crippen molar-refractivity contribution in [2.75, 3.05) is 17.2 Å². The Balaban J connectivity index is 0.000000347. The van der Waals surface area contributed by atoms with Crippen molar-refractivity contribution in [3.8, 4) is 11.1 Å². The van der Waals surface area contributed by atoms with E-state index < -0.39 is 10.4 Å². The van der Waals surface area contributed by atoms with E-state index in [0.717, 1.165) is 16.8 Å². The van der Waals surface area contributed by atoms with Crippen molar-refractivity contribution in [2.24, 2.45) is 0 Å². The van der Waals surface area contributed by atoms with Gasteiger partial charge in [0.25, 0.3) is 0 Å². The third kappa shape index (κ3) is 5.57. The van der Waals surface area contributed by atoms with Crippen molar-refractivity contribution < 1.29 is 17.5 Å². The van der Waals surface area contributed by atoms with Crippen LogP contribution in [0.5, 0.6) is 0 Å². The second kappa shape index (κ2) is 6.24. The molecule has 0 aliphatic heterocycles. The molecule has 0 atom stereocenters. The third-order valence-corrected chi connectivity index (χ3v) is 2.30. The monoisotopic (exact) mass is 297 g/mol. The van der Waals surface area contributed by atoms with Crippen LogP contribution < -0.4 is 17.2 Å². The summed E-state index contributed by atoms with van der Waals surface area (Å²) in [5.74, 6) is 0. The van der Waals surface area contributed by atoms with Crippen LogP contribution in [0.15, 0.2) is 42.5 Å². The van der Waals surface area contributed by atoms with Crippen LogP contribution in [-0.4, -0.2) is 17.5 Å². The van der Waals surface area contributed by atoms with Gasteiger partial charge in [-0.25, -0.2) is 0 Å². The Kier molecular flexibility index (Phi) is 4.92. The zero-order chi connectivity index (χ0) is 15.3. The smallest absolute Gasteiger partial charge is 0.394 e. The summed E-state index contributed by atoms with van der Waals surface area (Å²) in [6, 6.07) is 13.1. The summed E-state index contributed by atoms with van der Waals surface area (Å²) in [5.41, 5.74) is 21.2. The summed E-state index contributed by atoms with van der Waals surface area (Å²) >= 11 is 0. The number of benzene rings is 2. The molecule has 8 heteroatoms. The highest BCUT2D eigenvalue weighted by Crippen LogP contribution is 2.27. The van der Waals surface area contributed by atoms with Gasteiger partial charge in [-0.2, -0.15) is 8.42 Å². The predicted molar refractivity (Wildman–Crippen MR) is 79.3 cm³/mol. The van der Waals surface area contributed by atoms with E-state index >= 15 is 0 Å². The first-order valence-corrected chi connectivity index (χ1v) is 6.77. The molecular formula is C12H15N3O4S. The van der Waals surface area contributed by atoms with Crippen molar-refractivity contribution >= 4 is 27.5 Å². The standard InChI is InChI=1S/C12H13N3.H2O4S/c13-9-3-1-8(2-4-9)11-6-5-10(14)7-12(11)15;1-5(2,3)4/h1-7H,13-15H2;(H2,1,2,3,4). The molecule has 2 rings (SSSR count). The molecule has 0 saturated heterocycles. The van der Waals surface area contributed by atoms with E-state index in [1.54, 1.807) is 6.07 Å². The highest BCUT2D eigenvalue weighted by Gasteiger charge is 2.02. The number of hydrogen-bond acceptors (Lipinski definition) is 5. The molecule has 8 N–H and O–H groups in total. The summed E-state index contributed by atoms with van der Waals surface area (Å²) in [6.45, 7) is 0. The Bertz CT molecular complexity index is 676. The fourth-order valence-corrected chi connectivity index (χ4v) is 1.51. The molecule has 0 saturated carbocycles. The maximum atomic E-state index is 8.74. The lowest BCUT2D eigenvalue weighted by Crippen LogP contribution is -1.93. The van der Waals surface area contributed by atoms with Crippen molar-refractivity contribution in [3.05, 3.63) is 42.5 Å². The minimum atomic E-state index is -4.67. The van der Waals surface area contributed by atoms with E-state index in [1.807, 2.05) is 36.4 Å². The number of anilines is 3. The first-order chi connectivity index (χ1) is 9.16. The number of nitrogens with two attached hydrogens (primary N) is 3. The van der Waals surface area contributed by atoms with E-state index in [4.69, 9.17) is 34.7 Å². The molecule has 0 radical (unpaired) electrons. The molecule has 0 amide bonds. The van der Waals surface area contributed by atoms with Crippen LogP contribution in [0.3, 0.4) is 0 Å². The van der Waals surface area contributed by atoms with Crippen LogP contribution in [0.2, 0.25) is 0 Å². The van der Waals surface area contributed by atoms with Gasteiger partial charge in [-0.05, 0) is 29.8 Å². The second-order valence-electron chi connectivity index (χ2n) is 3.92. The fraction of sp³-hybridized carbons (Fsp3) is 0.